The van der Waals surface area contributed by atoms with Crippen LogP contribution >= 0.6 is 0 Å². The van der Waals surface area contributed by atoms with Crippen molar-refractivity contribution < 1.29 is 10.2 Å². The molecule has 1 fully saturated rings. The van der Waals surface area contributed by atoms with Crippen molar-refractivity contribution in [1.82, 2.24) is 9.13 Å². The van der Waals surface area contributed by atoms with E-state index in [1.54, 1.807) is 40.1 Å². The van der Waals surface area contributed by atoms with Gasteiger partial charge in [0.25, 0.3) is 11.1 Å². The van der Waals surface area contributed by atoms with E-state index in [4.69, 9.17) is 0 Å². The first kappa shape index (κ1) is 18.3. The van der Waals surface area contributed by atoms with E-state index in [2.05, 4.69) is 0 Å². The van der Waals surface area contributed by atoms with Gasteiger partial charge >= 0.3 is 0 Å². The zero-order valence-electron chi connectivity index (χ0n) is 15.8. The molecule has 2 aromatic heterocycles. The topological polar surface area (TPSA) is 84.5 Å². The summed E-state index contributed by atoms with van der Waals surface area (Å²) in [6.45, 7) is 3.50. The lowest BCUT2D eigenvalue weighted by atomic mass is 9.65. The molecule has 0 amide bonds. The first-order chi connectivity index (χ1) is 12.2. The van der Waals surface area contributed by atoms with Gasteiger partial charge in [-0.15, -0.1) is 0 Å². The van der Waals surface area contributed by atoms with Crippen LogP contribution in [0.25, 0.3) is 0 Å². The van der Waals surface area contributed by atoms with Gasteiger partial charge in [-0.25, -0.2) is 0 Å². The number of aromatic nitrogens is 2. The summed E-state index contributed by atoms with van der Waals surface area (Å²) in [6.07, 6.45) is 3.75. The lowest BCUT2D eigenvalue weighted by molar-refractivity contribution is 0.312. The Balaban J connectivity index is 2.44. The zero-order valence-corrected chi connectivity index (χ0v) is 15.8. The minimum absolute atomic E-state index is 0.102. The van der Waals surface area contributed by atoms with Crippen LogP contribution in [-0.2, 0) is 19.5 Å². The van der Waals surface area contributed by atoms with Crippen molar-refractivity contribution in [3.05, 3.63) is 55.4 Å². The third kappa shape index (κ3) is 2.55. The standard InChI is InChI=1S/C20H26N2O4/c1-12-10-14(23)16(18(25)21(12)3)20(8-6-5-7-9-20)17-15(24)11-13(2)22(4)19(17)26/h10-11,23-24H,5-9H2,1-4H3. The summed E-state index contributed by atoms with van der Waals surface area (Å²) in [6, 6.07) is 3.12. The van der Waals surface area contributed by atoms with E-state index < -0.39 is 5.41 Å². The van der Waals surface area contributed by atoms with E-state index in [0.29, 0.717) is 24.2 Å². The van der Waals surface area contributed by atoms with Crippen molar-refractivity contribution in [2.45, 2.75) is 51.4 Å². The lowest BCUT2D eigenvalue weighted by Gasteiger charge is -2.38. The van der Waals surface area contributed by atoms with Gasteiger partial charge in [-0.2, -0.15) is 0 Å². The molecule has 140 valence electrons. The van der Waals surface area contributed by atoms with Crippen LogP contribution in [0.15, 0.2) is 21.7 Å². The van der Waals surface area contributed by atoms with Gasteiger partial charge in [0.1, 0.15) is 11.5 Å². The Kier molecular flexibility index (Phi) is 4.46. The maximum absolute atomic E-state index is 13.1. The molecule has 2 aromatic rings. The molecule has 0 bridgehead atoms. The van der Waals surface area contributed by atoms with Crippen LogP contribution in [-0.4, -0.2) is 19.3 Å². The maximum atomic E-state index is 13.1. The predicted octanol–water partition coefficient (Wildman–Crippen LogP) is 2.36. The minimum atomic E-state index is -0.975. The van der Waals surface area contributed by atoms with Crippen molar-refractivity contribution in [1.29, 1.82) is 0 Å². The summed E-state index contributed by atoms with van der Waals surface area (Å²) in [7, 11) is 3.31. The number of hydrogen-bond acceptors (Lipinski definition) is 4. The molecule has 0 saturated heterocycles. The first-order valence-corrected chi connectivity index (χ1v) is 9.01. The molecule has 0 unspecified atom stereocenters. The van der Waals surface area contributed by atoms with Gasteiger partial charge in [0.15, 0.2) is 0 Å². The van der Waals surface area contributed by atoms with Crippen molar-refractivity contribution in [3.8, 4) is 11.5 Å². The van der Waals surface area contributed by atoms with Crippen LogP contribution in [0.2, 0.25) is 0 Å². The first-order valence-electron chi connectivity index (χ1n) is 9.01. The van der Waals surface area contributed by atoms with E-state index in [0.717, 1.165) is 19.3 Å². The Bertz CT molecular complexity index is 905. The summed E-state index contributed by atoms with van der Waals surface area (Å²) < 4.78 is 2.97. The molecule has 0 atom stereocenters. The summed E-state index contributed by atoms with van der Waals surface area (Å²) in [5.74, 6) is -0.205. The molecule has 26 heavy (non-hydrogen) atoms. The van der Waals surface area contributed by atoms with Gasteiger partial charge in [0.05, 0.1) is 11.1 Å². The van der Waals surface area contributed by atoms with E-state index >= 15 is 0 Å². The van der Waals surface area contributed by atoms with Crippen molar-refractivity contribution in [3.63, 3.8) is 0 Å². The molecule has 6 nitrogen and oxygen atoms in total. The second kappa shape index (κ2) is 6.34. The van der Waals surface area contributed by atoms with E-state index in [-0.39, 0.29) is 33.7 Å². The molecular weight excluding hydrogens is 332 g/mol. The molecule has 1 aliphatic carbocycles. The Hall–Kier alpha value is -2.50. The molecular formula is C20H26N2O4. The van der Waals surface area contributed by atoms with Crippen molar-refractivity contribution in [2.75, 3.05) is 0 Å². The van der Waals surface area contributed by atoms with Gasteiger partial charge in [0.2, 0.25) is 0 Å². The molecule has 0 radical (unpaired) electrons. The van der Waals surface area contributed by atoms with Gasteiger partial charge in [-0.1, -0.05) is 19.3 Å². The van der Waals surface area contributed by atoms with E-state index in [1.165, 1.54) is 9.13 Å². The van der Waals surface area contributed by atoms with Crippen molar-refractivity contribution >= 4 is 0 Å². The number of hydrogen-bond donors (Lipinski definition) is 2. The second-order valence-electron chi connectivity index (χ2n) is 7.46. The molecule has 3 rings (SSSR count). The van der Waals surface area contributed by atoms with Gasteiger partial charge in [0, 0.05) is 30.9 Å². The van der Waals surface area contributed by atoms with Gasteiger partial charge in [-0.05, 0) is 38.8 Å². The number of rotatable bonds is 2. The average Bonchev–Trinajstić information content (AvgIpc) is 2.58. The van der Waals surface area contributed by atoms with Gasteiger partial charge < -0.3 is 19.3 Å². The minimum Gasteiger partial charge on any atom is -0.507 e. The third-order valence-electron chi connectivity index (χ3n) is 5.96. The van der Waals surface area contributed by atoms with Crippen LogP contribution in [0, 0.1) is 13.8 Å². The Morgan fingerprint density at radius 3 is 1.58 bits per heavy atom. The molecule has 0 aliphatic heterocycles. The van der Waals surface area contributed by atoms with Crippen molar-refractivity contribution in [2.24, 2.45) is 14.1 Å². The lowest BCUT2D eigenvalue weighted by Crippen LogP contribution is -2.43. The fourth-order valence-electron chi connectivity index (χ4n) is 4.29. The van der Waals surface area contributed by atoms with E-state index in [1.807, 2.05) is 0 Å². The molecule has 1 saturated carbocycles. The summed E-state index contributed by atoms with van der Waals surface area (Å²) >= 11 is 0. The van der Waals surface area contributed by atoms with E-state index in [9.17, 15) is 19.8 Å². The number of pyridine rings is 2. The van der Waals surface area contributed by atoms with Gasteiger partial charge in [-0.3, -0.25) is 9.59 Å². The largest absolute Gasteiger partial charge is 0.507 e. The zero-order chi connectivity index (χ0) is 19.2. The summed E-state index contributed by atoms with van der Waals surface area (Å²) in [4.78, 5) is 26.2. The smallest absolute Gasteiger partial charge is 0.258 e. The molecule has 2 N–H and O–H groups in total. The maximum Gasteiger partial charge on any atom is 0.258 e. The Morgan fingerprint density at radius 1 is 0.808 bits per heavy atom. The number of nitrogens with zero attached hydrogens (tertiary/aromatic N) is 2. The molecule has 0 spiro atoms. The second-order valence-corrected chi connectivity index (χ2v) is 7.46. The van der Waals surface area contributed by atoms with Crippen LogP contribution in [0.4, 0.5) is 0 Å². The highest BCUT2D eigenvalue weighted by Gasteiger charge is 2.44. The van der Waals surface area contributed by atoms with Crippen LogP contribution < -0.4 is 11.1 Å². The summed E-state index contributed by atoms with van der Waals surface area (Å²) in [5, 5.41) is 21.4. The highest BCUT2D eigenvalue weighted by Crippen LogP contribution is 2.47. The SMILES string of the molecule is Cc1cc(O)c(C2(c3c(O)cc(C)n(C)c3=O)CCCCC2)c(=O)n1C. The monoisotopic (exact) mass is 358 g/mol. The Labute approximate surface area is 152 Å². The number of aromatic hydroxyl groups is 2. The quantitative estimate of drug-likeness (QED) is 0.863. The highest BCUT2D eigenvalue weighted by atomic mass is 16.3. The van der Waals surface area contributed by atoms with Crippen LogP contribution in [0.3, 0.4) is 0 Å². The molecule has 0 aromatic carbocycles. The highest BCUT2D eigenvalue weighted by molar-refractivity contribution is 5.51. The molecule has 1 aliphatic rings. The normalized spacial score (nSPS) is 16.6. The summed E-state index contributed by atoms with van der Waals surface area (Å²) in [5.41, 5.74) is 0.129. The molecule has 6 heteroatoms. The Morgan fingerprint density at radius 2 is 1.19 bits per heavy atom. The third-order valence-corrected chi connectivity index (χ3v) is 5.96. The fraction of sp³-hybridized carbons (Fsp3) is 0.500. The molecule has 2 heterocycles. The predicted molar refractivity (Wildman–Crippen MR) is 100 cm³/mol. The average molecular weight is 358 g/mol. The van der Waals surface area contributed by atoms with Crippen LogP contribution in [0.5, 0.6) is 11.5 Å². The number of aryl methyl sites for hydroxylation is 2. The van der Waals surface area contributed by atoms with Crippen LogP contribution in [0.1, 0.15) is 54.6 Å². The fourth-order valence-corrected chi connectivity index (χ4v) is 4.29.